The summed E-state index contributed by atoms with van der Waals surface area (Å²) in [7, 11) is 0. The van der Waals surface area contributed by atoms with Gasteiger partial charge in [-0.15, -0.1) is 10.2 Å². The molecule has 1 saturated heterocycles. The van der Waals surface area contributed by atoms with Crippen LogP contribution in [0.2, 0.25) is 0 Å². The number of aromatic nitrogens is 3. The minimum Gasteiger partial charge on any atom is -0.343 e. The Bertz CT molecular complexity index is 1100. The second-order valence-electron chi connectivity index (χ2n) is 8.40. The summed E-state index contributed by atoms with van der Waals surface area (Å²) < 4.78 is 2.04. The average molecular weight is 402 g/mol. The highest BCUT2D eigenvalue weighted by atomic mass is 16.2. The van der Waals surface area contributed by atoms with E-state index >= 15 is 0 Å². The van der Waals surface area contributed by atoms with Crippen LogP contribution < -0.4 is 0 Å². The van der Waals surface area contributed by atoms with Gasteiger partial charge in [0.15, 0.2) is 11.4 Å². The third kappa shape index (κ3) is 3.62. The molecule has 30 heavy (non-hydrogen) atoms. The van der Waals surface area contributed by atoms with E-state index in [1.807, 2.05) is 45.8 Å². The molecule has 0 radical (unpaired) electrons. The summed E-state index contributed by atoms with van der Waals surface area (Å²) >= 11 is 0. The Balaban J connectivity index is 1.15. The van der Waals surface area contributed by atoms with Crippen molar-refractivity contribution in [2.24, 2.45) is 0 Å². The lowest BCUT2D eigenvalue weighted by Crippen LogP contribution is -2.38. The largest absolute Gasteiger partial charge is 0.343 e. The second kappa shape index (κ2) is 8.01. The number of carbonyl (C=O) groups is 2. The molecule has 3 aromatic rings. The van der Waals surface area contributed by atoms with E-state index in [2.05, 4.69) is 16.3 Å². The van der Waals surface area contributed by atoms with E-state index in [0.717, 1.165) is 42.7 Å². The molecular formula is C24H26N4O2. The van der Waals surface area contributed by atoms with Crippen LogP contribution in [0.4, 0.5) is 0 Å². The van der Waals surface area contributed by atoms with Crippen LogP contribution in [0, 0.1) is 0 Å². The van der Waals surface area contributed by atoms with Gasteiger partial charge in [0.25, 0.3) is 0 Å². The lowest BCUT2D eigenvalue weighted by molar-refractivity contribution is -0.132. The predicted molar refractivity (Wildman–Crippen MR) is 114 cm³/mol. The number of aryl methyl sites for hydroxylation is 2. The van der Waals surface area contributed by atoms with Gasteiger partial charge in [-0.25, -0.2) is 0 Å². The van der Waals surface area contributed by atoms with Gasteiger partial charge < -0.3 is 4.90 Å². The van der Waals surface area contributed by atoms with E-state index in [9.17, 15) is 9.59 Å². The van der Waals surface area contributed by atoms with Crippen LogP contribution in [0.1, 0.15) is 65.3 Å². The highest BCUT2D eigenvalue weighted by Crippen LogP contribution is 2.28. The second-order valence-corrected chi connectivity index (χ2v) is 8.40. The Labute approximate surface area is 175 Å². The Morgan fingerprint density at radius 3 is 2.67 bits per heavy atom. The first-order valence-corrected chi connectivity index (χ1v) is 10.9. The molecule has 1 aliphatic carbocycles. The highest BCUT2D eigenvalue weighted by molar-refractivity contribution is 5.98. The number of rotatable bonds is 5. The van der Waals surface area contributed by atoms with Crippen molar-refractivity contribution in [3.8, 4) is 0 Å². The van der Waals surface area contributed by atoms with Gasteiger partial charge >= 0.3 is 0 Å². The number of benzene rings is 1. The first-order valence-electron chi connectivity index (χ1n) is 10.9. The topological polar surface area (TPSA) is 67.6 Å². The summed E-state index contributed by atoms with van der Waals surface area (Å²) in [5.41, 5.74) is 4.28. The number of fused-ring (bicyclic) bond motifs is 2. The lowest BCUT2D eigenvalue weighted by Gasteiger charge is -2.31. The van der Waals surface area contributed by atoms with Gasteiger partial charge in [-0.3, -0.25) is 14.0 Å². The van der Waals surface area contributed by atoms with E-state index in [4.69, 9.17) is 0 Å². The molecule has 6 heteroatoms. The zero-order valence-electron chi connectivity index (χ0n) is 17.1. The summed E-state index contributed by atoms with van der Waals surface area (Å²) in [6.07, 6.45) is 7.66. The molecular weight excluding hydrogens is 376 g/mol. The monoisotopic (exact) mass is 402 g/mol. The Morgan fingerprint density at radius 1 is 0.967 bits per heavy atom. The summed E-state index contributed by atoms with van der Waals surface area (Å²) in [5.74, 6) is 1.43. The van der Waals surface area contributed by atoms with Gasteiger partial charge in [-0.2, -0.15) is 0 Å². The molecule has 2 aliphatic rings. The minimum absolute atomic E-state index is 0.0721. The number of hydrogen-bond acceptors (Lipinski definition) is 4. The van der Waals surface area contributed by atoms with Crippen molar-refractivity contribution in [2.75, 3.05) is 13.1 Å². The van der Waals surface area contributed by atoms with Gasteiger partial charge in [-0.1, -0.05) is 18.2 Å². The van der Waals surface area contributed by atoms with Crippen LogP contribution in [0.15, 0.2) is 42.6 Å². The van der Waals surface area contributed by atoms with E-state index in [-0.39, 0.29) is 24.5 Å². The summed E-state index contributed by atoms with van der Waals surface area (Å²) in [6, 6.07) is 11.9. The molecule has 2 aromatic heterocycles. The van der Waals surface area contributed by atoms with Gasteiger partial charge in [-0.05, 0) is 61.4 Å². The van der Waals surface area contributed by atoms with Crippen molar-refractivity contribution < 1.29 is 9.59 Å². The maximum atomic E-state index is 12.7. The predicted octanol–water partition coefficient (Wildman–Crippen LogP) is 3.59. The third-order valence-electron chi connectivity index (χ3n) is 6.54. The Hall–Kier alpha value is -3.02. The minimum atomic E-state index is 0.0721. The van der Waals surface area contributed by atoms with Crippen LogP contribution in [-0.4, -0.2) is 44.3 Å². The number of pyridine rings is 1. The molecule has 0 unspecified atom stereocenters. The standard InChI is InChI=1S/C24H26N4O2/c29-21(20-8-7-17-4-3-5-19(17)16-20)9-10-23(30)27-14-11-18(12-15-27)24-26-25-22-6-1-2-13-28(22)24/h1-2,6-8,13,16,18H,3-5,9-12,14-15H2. The van der Waals surface area contributed by atoms with Crippen molar-refractivity contribution in [1.82, 2.24) is 19.5 Å². The third-order valence-corrected chi connectivity index (χ3v) is 6.54. The number of ketones is 1. The van der Waals surface area contributed by atoms with Gasteiger partial charge in [0, 0.05) is 43.6 Å². The first-order chi connectivity index (χ1) is 14.7. The van der Waals surface area contributed by atoms with Crippen LogP contribution >= 0.6 is 0 Å². The van der Waals surface area contributed by atoms with Crippen LogP contribution in [0.3, 0.4) is 0 Å². The maximum absolute atomic E-state index is 12.7. The van der Waals surface area contributed by atoms with E-state index in [1.54, 1.807) is 0 Å². The summed E-state index contributed by atoms with van der Waals surface area (Å²) in [5, 5.41) is 8.61. The number of amides is 1. The fourth-order valence-electron chi connectivity index (χ4n) is 4.79. The SMILES string of the molecule is O=C(CCC(=O)N1CCC(c2nnc3ccccn23)CC1)c1ccc2c(c1)CCC2. The fraction of sp³-hybridized carbons (Fsp3) is 0.417. The zero-order chi connectivity index (χ0) is 20.5. The van der Waals surface area contributed by atoms with Crippen molar-refractivity contribution in [3.63, 3.8) is 0 Å². The summed E-state index contributed by atoms with van der Waals surface area (Å²) in [6.45, 7) is 1.41. The first kappa shape index (κ1) is 19.0. The van der Waals surface area contributed by atoms with Gasteiger partial charge in [0.05, 0.1) is 0 Å². The summed E-state index contributed by atoms with van der Waals surface area (Å²) in [4.78, 5) is 27.1. The molecule has 1 aromatic carbocycles. The van der Waals surface area contributed by atoms with Crippen molar-refractivity contribution in [2.45, 2.75) is 50.9 Å². The molecule has 1 fully saturated rings. The van der Waals surface area contributed by atoms with Crippen LogP contribution in [0.25, 0.3) is 5.65 Å². The molecule has 0 spiro atoms. The molecule has 154 valence electrons. The average Bonchev–Trinajstić information content (AvgIpc) is 3.43. The molecule has 6 nitrogen and oxygen atoms in total. The molecule has 0 N–H and O–H groups in total. The number of nitrogens with zero attached hydrogens (tertiary/aromatic N) is 4. The van der Waals surface area contributed by atoms with Crippen LogP contribution in [0.5, 0.6) is 0 Å². The Kier molecular flexibility index (Phi) is 5.07. The number of Topliss-reactive ketones (excluding diaryl/α,β-unsaturated/α-hetero) is 1. The van der Waals surface area contributed by atoms with Gasteiger partial charge in [0.1, 0.15) is 5.82 Å². The zero-order valence-corrected chi connectivity index (χ0v) is 17.1. The fourth-order valence-corrected chi connectivity index (χ4v) is 4.79. The highest BCUT2D eigenvalue weighted by Gasteiger charge is 2.27. The van der Waals surface area contributed by atoms with Crippen molar-refractivity contribution in [1.29, 1.82) is 0 Å². The van der Waals surface area contributed by atoms with E-state index in [1.165, 1.54) is 17.5 Å². The van der Waals surface area contributed by atoms with Gasteiger partial charge in [0.2, 0.25) is 5.91 Å². The molecule has 3 heterocycles. The van der Waals surface area contributed by atoms with Crippen molar-refractivity contribution >= 4 is 17.3 Å². The number of piperidine rings is 1. The Morgan fingerprint density at radius 2 is 1.80 bits per heavy atom. The smallest absolute Gasteiger partial charge is 0.223 e. The van der Waals surface area contributed by atoms with E-state index in [0.29, 0.717) is 19.0 Å². The molecule has 5 rings (SSSR count). The number of hydrogen-bond donors (Lipinski definition) is 0. The molecule has 0 saturated carbocycles. The maximum Gasteiger partial charge on any atom is 0.223 e. The number of carbonyl (C=O) groups excluding carboxylic acids is 2. The van der Waals surface area contributed by atoms with Crippen molar-refractivity contribution in [3.05, 3.63) is 65.1 Å². The van der Waals surface area contributed by atoms with Crippen LogP contribution in [-0.2, 0) is 17.6 Å². The normalized spacial score (nSPS) is 16.7. The molecule has 1 aliphatic heterocycles. The number of likely N-dealkylation sites (tertiary alicyclic amines) is 1. The molecule has 0 atom stereocenters. The molecule has 0 bridgehead atoms. The lowest BCUT2D eigenvalue weighted by atomic mass is 9.95. The molecule has 1 amide bonds. The van der Waals surface area contributed by atoms with E-state index < -0.39 is 0 Å². The quantitative estimate of drug-likeness (QED) is 0.612.